The third kappa shape index (κ3) is 2.32. The van der Waals surface area contributed by atoms with Gasteiger partial charge in [-0.15, -0.1) is 0 Å². The monoisotopic (exact) mass is 286 g/mol. The molecule has 2 nitrogen and oxygen atoms in total. The molecule has 0 aliphatic carbocycles. The van der Waals surface area contributed by atoms with E-state index < -0.39 is 0 Å². The molecule has 0 fully saturated rings. The van der Waals surface area contributed by atoms with Crippen molar-refractivity contribution >= 4 is 27.3 Å². The molecule has 0 aromatic heterocycles. The summed E-state index contributed by atoms with van der Waals surface area (Å²) in [6.45, 7) is 5.27. The highest BCUT2D eigenvalue weighted by molar-refractivity contribution is 9.10. The van der Waals surface area contributed by atoms with Crippen LogP contribution in [0.4, 0.5) is 15.8 Å². The second-order valence-corrected chi connectivity index (χ2v) is 5.38. The summed E-state index contributed by atoms with van der Waals surface area (Å²) in [4.78, 5) is 0. The molecule has 88 valence electrons. The van der Waals surface area contributed by atoms with Crippen molar-refractivity contribution in [1.29, 1.82) is 0 Å². The van der Waals surface area contributed by atoms with Crippen LogP contribution in [0.1, 0.15) is 20.3 Å². The molecular weight excluding hydrogens is 271 g/mol. The Hall–Kier alpha value is -0.770. The molecule has 0 amide bonds. The number of fused-ring (bicyclic) bond motifs is 1. The molecular formula is C12H16BrFN2. The second-order valence-electron chi connectivity index (χ2n) is 4.52. The maximum Gasteiger partial charge on any atom is 0.139 e. The van der Waals surface area contributed by atoms with Crippen LogP contribution in [0.3, 0.4) is 0 Å². The molecule has 0 bridgehead atoms. The highest BCUT2D eigenvalue weighted by Crippen LogP contribution is 2.32. The fraction of sp³-hybridized carbons (Fsp3) is 0.500. The van der Waals surface area contributed by atoms with E-state index in [0.717, 1.165) is 24.3 Å². The first-order valence-corrected chi connectivity index (χ1v) is 6.36. The molecule has 0 saturated carbocycles. The van der Waals surface area contributed by atoms with Crippen LogP contribution in [0, 0.1) is 11.7 Å². The van der Waals surface area contributed by atoms with Gasteiger partial charge in [-0.2, -0.15) is 0 Å². The van der Waals surface area contributed by atoms with Crippen molar-refractivity contribution in [3.05, 3.63) is 22.4 Å². The molecule has 1 aromatic rings. The molecule has 0 saturated heterocycles. The summed E-state index contributed by atoms with van der Waals surface area (Å²) in [5.41, 5.74) is 1.83. The lowest BCUT2D eigenvalue weighted by Gasteiger charge is -2.21. The lowest BCUT2D eigenvalue weighted by Crippen LogP contribution is -2.25. The number of anilines is 2. The van der Waals surface area contributed by atoms with Crippen LogP contribution in [0.2, 0.25) is 0 Å². The predicted octanol–water partition coefficient (Wildman–Crippen LogP) is 3.84. The highest BCUT2D eigenvalue weighted by atomic mass is 79.9. The molecule has 0 spiro atoms. The lowest BCUT2D eigenvalue weighted by atomic mass is 10.0. The van der Waals surface area contributed by atoms with Crippen LogP contribution in [0.25, 0.3) is 0 Å². The lowest BCUT2D eigenvalue weighted by molar-refractivity contribution is 0.507. The molecule has 1 aromatic carbocycles. The van der Waals surface area contributed by atoms with Gasteiger partial charge in [0.05, 0.1) is 15.8 Å². The molecule has 0 radical (unpaired) electrons. The van der Waals surface area contributed by atoms with E-state index in [-0.39, 0.29) is 5.82 Å². The summed E-state index contributed by atoms with van der Waals surface area (Å²) >= 11 is 3.20. The van der Waals surface area contributed by atoms with Crippen LogP contribution < -0.4 is 10.6 Å². The van der Waals surface area contributed by atoms with E-state index in [0.29, 0.717) is 16.4 Å². The fourth-order valence-corrected chi connectivity index (χ4v) is 2.29. The Bertz CT molecular complexity index is 393. The van der Waals surface area contributed by atoms with Crippen LogP contribution in [0.15, 0.2) is 16.6 Å². The van der Waals surface area contributed by atoms with Gasteiger partial charge in [0.1, 0.15) is 5.82 Å². The summed E-state index contributed by atoms with van der Waals surface area (Å²) in [7, 11) is 0. The van der Waals surface area contributed by atoms with Gasteiger partial charge in [0.15, 0.2) is 0 Å². The van der Waals surface area contributed by atoms with Gasteiger partial charge in [-0.1, -0.05) is 13.8 Å². The van der Waals surface area contributed by atoms with Gasteiger partial charge in [0, 0.05) is 18.7 Å². The van der Waals surface area contributed by atoms with E-state index in [1.54, 1.807) is 12.1 Å². The topological polar surface area (TPSA) is 24.1 Å². The van der Waals surface area contributed by atoms with Crippen molar-refractivity contribution in [3.8, 4) is 0 Å². The Morgan fingerprint density at radius 1 is 1.38 bits per heavy atom. The summed E-state index contributed by atoms with van der Waals surface area (Å²) in [5.74, 6) is 0.317. The van der Waals surface area contributed by atoms with Gasteiger partial charge >= 0.3 is 0 Å². The number of nitrogens with one attached hydrogen (secondary N) is 2. The molecule has 1 aliphatic heterocycles. The first kappa shape index (κ1) is 11.7. The Morgan fingerprint density at radius 2 is 2.12 bits per heavy atom. The molecule has 1 unspecified atom stereocenters. The largest absolute Gasteiger partial charge is 0.383 e. The maximum absolute atomic E-state index is 13.5. The molecule has 16 heavy (non-hydrogen) atoms. The number of halogens is 2. The van der Waals surface area contributed by atoms with Gasteiger partial charge in [-0.25, -0.2) is 4.39 Å². The van der Waals surface area contributed by atoms with Crippen LogP contribution in [-0.4, -0.2) is 12.6 Å². The Labute approximate surface area is 104 Å². The van der Waals surface area contributed by atoms with Crippen LogP contribution in [0.5, 0.6) is 0 Å². The first-order chi connectivity index (χ1) is 7.58. The van der Waals surface area contributed by atoms with Crippen molar-refractivity contribution in [2.45, 2.75) is 26.3 Å². The number of hydrogen-bond donors (Lipinski definition) is 2. The zero-order valence-electron chi connectivity index (χ0n) is 9.48. The van der Waals surface area contributed by atoms with Crippen molar-refractivity contribution in [2.24, 2.45) is 5.92 Å². The van der Waals surface area contributed by atoms with Gasteiger partial charge in [-0.05, 0) is 34.3 Å². The summed E-state index contributed by atoms with van der Waals surface area (Å²) in [6, 6.07) is 3.74. The standard InChI is InChI=1S/C12H16BrFN2/c1-7(2)10-3-4-15-11-5-8(13)9(14)6-12(11)16-10/h5-7,10,15-16H,3-4H2,1-2H3. The highest BCUT2D eigenvalue weighted by Gasteiger charge is 2.19. The maximum atomic E-state index is 13.5. The molecule has 4 heteroatoms. The van der Waals surface area contributed by atoms with Crippen molar-refractivity contribution in [2.75, 3.05) is 17.2 Å². The van der Waals surface area contributed by atoms with E-state index in [9.17, 15) is 4.39 Å². The Morgan fingerprint density at radius 3 is 2.81 bits per heavy atom. The van der Waals surface area contributed by atoms with Gasteiger partial charge < -0.3 is 10.6 Å². The summed E-state index contributed by atoms with van der Waals surface area (Å²) < 4.78 is 14.0. The number of hydrogen-bond acceptors (Lipinski definition) is 2. The number of rotatable bonds is 1. The molecule has 1 aliphatic rings. The zero-order valence-corrected chi connectivity index (χ0v) is 11.1. The van der Waals surface area contributed by atoms with E-state index in [4.69, 9.17) is 0 Å². The second kappa shape index (κ2) is 4.62. The zero-order chi connectivity index (χ0) is 11.7. The van der Waals surface area contributed by atoms with E-state index in [1.165, 1.54) is 0 Å². The summed E-state index contributed by atoms with van der Waals surface area (Å²) in [6.07, 6.45) is 1.05. The van der Waals surface area contributed by atoms with E-state index >= 15 is 0 Å². The smallest absolute Gasteiger partial charge is 0.139 e. The Balaban J connectivity index is 2.33. The third-order valence-electron chi connectivity index (χ3n) is 2.98. The van der Waals surface area contributed by atoms with Crippen LogP contribution in [-0.2, 0) is 0 Å². The molecule has 2 N–H and O–H groups in total. The van der Waals surface area contributed by atoms with E-state index in [1.807, 2.05) is 0 Å². The Kier molecular flexibility index (Phi) is 3.38. The SMILES string of the molecule is CC(C)C1CCNc2cc(Br)c(F)cc2N1. The summed E-state index contributed by atoms with van der Waals surface area (Å²) in [5, 5.41) is 6.72. The normalized spacial score (nSPS) is 19.7. The van der Waals surface area contributed by atoms with Gasteiger partial charge in [0.2, 0.25) is 0 Å². The molecule has 2 rings (SSSR count). The average Bonchev–Trinajstić information content (AvgIpc) is 2.41. The van der Waals surface area contributed by atoms with E-state index in [2.05, 4.69) is 40.4 Å². The molecule has 1 atom stereocenters. The van der Waals surface area contributed by atoms with Gasteiger partial charge in [-0.3, -0.25) is 0 Å². The minimum Gasteiger partial charge on any atom is -0.383 e. The van der Waals surface area contributed by atoms with Crippen molar-refractivity contribution in [1.82, 2.24) is 0 Å². The molecule has 1 heterocycles. The third-order valence-corrected chi connectivity index (χ3v) is 3.58. The van der Waals surface area contributed by atoms with Crippen molar-refractivity contribution < 1.29 is 4.39 Å². The van der Waals surface area contributed by atoms with Crippen molar-refractivity contribution in [3.63, 3.8) is 0 Å². The fourth-order valence-electron chi connectivity index (χ4n) is 1.95. The number of benzene rings is 1. The quantitative estimate of drug-likeness (QED) is 0.820. The minimum atomic E-state index is -0.225. The van der Waals surface area contributed by atoms with Gasteiger partial charge in [0.25, 0.3) is 0 Å². The predicted molar refractivity (Wildman–Crippen MR) is 69.5 cm³/mol. The minimum absolute atomic E-state index is 0.225. The average molecular weight is 287 g/mol. The first-order valence-electron chi connectivity index (χ1n) is 5.57. The van der Waals surface area contributed by atoms with Crippen LogP contribution >= 0.6 is 15.9 Å².